The van der Waals surface area contributed by atoms with Crippen molar-refractivity contribution in [2.45, 2.75) is 46.1 Å². The van der Waals surface area contributed by atoms with Gasteiger partial charge >= 0.3 is 0 Å². The van der Waals surface area contributed by atoms with E-state index in [0.717, 1.165) is 21.7 Å². The topological polar surface area (TPSA) is 76.3 Å². The molecule has 1 aliphatic rings. The number of carbonyl (C=O) groups excluding carboxylic acids is 1. The summed E-state index contributed by atoms with van der Waals surface area (Å²) in [6.07, 6.45) is 0. The van der Waals surface area contributed by atoms with Gasteiger partial charge in [-0.25, -0.2) is 0 Å². The first kappa shape index (κ1) is 21.8. The van der Waals surface area contributed by atoms with Crippen LogP contribution in [0, 0.1) is 13.8 Å². The number of rotatable bonds is 2. The highest BCUT2D eigenvalue weighted by molar-refractivity contribution is 7.15. The molecule has 0 saturated carbocycles. The van der Waals surface area contributed by atoms with Crippen LogP contribution in [0.25, 0.3) is 11.0 Å². The maximum Gasteiger partial charge on any atom is 0.297 e. The van der Waals surface area contributed by atoms with E-state index in [1.165, 1.54) is 16.2 Å². The molecule has 1 amide bonds. The van der Waals surface area contributed by atoms with Gasteiger partial charge in [0.25, 0.3) is 5.91 Å². The Labute approximate surface area is 199 Å². The van der Waals surface area contributed by atoms with Crippen LogP contribution in [0.15, 0.2) is 45.6 Å². The van der Waals surface area contributed by atoms with Crippen LogP contribution in [0.1, 0.15) is 64.6 Å². The number of fused-ring (bicyclic) bond motifs is 2. The molecule has 0 spiro atoms. The number of anilines is 1. The number of nitrogens with zero attached hydrogens (tertiary/aromatic N) is 3. The molecule has 1 atom stereocenters. The predicted molar refractivity (Wildman–Crippen MR) is 131 cm³/mol. The van der Waals surface area contributed by atoms with E-state index in [2.05, 4.69) is 31.0 Å². The molecule has 0 N–H and O–H groups in total. The summed E-state index contributed by atoms with van der Waals surface area (Å²) in [7, 11) is 0. The van der Waals surface area contributed by atoms with E-state index in [9.17, 15) is 9.59 Å². The molecule has 0 saturated heterocycles. The van der Waals surface area contributed by atoms with E-state index in [-0.39, 0.29) is 16.6 Å². The lowest BCUT2D eigenvalue weighted by atomic mass is 9.86. The van der Waals surface area contributed by atoms with Crippen molar-refractivity contribution in [3.8, 4) is 0 Å². The highest BCUT2D eigenvalue weighted by Gasteiger charge is 2.45. The van der Waals surface area contributed by atoms with Crippen LogP contribution in [-0.4, -0.2) is 16.1 Å². The van der Waals surface area contributed by atoms with E-state index in [0.29, 0.717) is 26.7 Å². The number of aromatic nitrogens is 2. The van der Waals surface area contributed by atoms with Gasteiger partial charge in [-0.15, -0.1) is 10.2 Å². The van der Waals surface area contributed by atoms with Crippen molar-refractivity contribution in [2.75, 3.05) is 4.90 Å². The molecular formula is C25H22ClN3O3S. The number of carbonyl (C=O) groups is 1. The molecule has 0 radical (unpaired) electrons. The fraction of sp³-hybridized carbons (Fsp3) is 0.280. The monoisotopic (exact) mass is 479 g/mol. The summed E-state index contributed by atoms with van der Waals surface area (Å²) < 4.78 is 6.03. The number of amides is 1. The minimum absolute atomic E-state index is 0.0260. The Balaban J connectivity index is 1.78. The molecule has 0 bridgehead atoms. The summed E-state index contributed by atoms with van der Waals surface area (Å²) in [5.41, 5.74) is 3.06. The van der Waals surface area contributed by atoms with Crippen molar-refractivity contribution < 1.29 is 9.21 Å². The summed E-state index contributed by atoms with van der Waals surface area (Å²) in [5.74, 6) is -0.371. The smallest absolute Gasteiger partial charge is 0.297 e. The highest BCUT2D eigenvalue weighted by Crippen LogP contribution is 2.42. The molecule has 2 aromatic carbocycles. The summed E-state index contributed by atoms with van der Waals surface area (Å²) in [6.45, 7) is 10.1. The predicted octanol–water partition coefficient (Wildman–Crippen LogP) is 5.96. The average molecular weight is 480 g/mol. The number of halogens is 1. The Bertz CT molecular complexity index is 1480. The second-order valence-electron chi connectivity index (χ2n) is 9.32. The minimum atomic E-state index is -0.672. The Morgan fingerprint density at radius 2 is 1.76 bits per heavy atom. The van der Waals surface area contributed by atoms with Crippen molar-refractivity contribution in [1.82, 2.24) is 10.2 Å². The zero-order valence-electron chi connectivity index (χ0n) is 18.9. The van der Waals surface area contributed by atoms with Gasteiger partial charge in [0, 0.05) is 5.02 Å². The normalized spacial score (nSPS) is 16.0. The van der Waals surface area contributed by atoms with Gasteiger partial charge in [0.2, 0.25) is 10.9 Å². The van der Waals surface area contributed by atoms with Gasteiger partial charge in [-0.1, -0.05) is 68.0 Å². The average Bonchev–Trinajstić information content (AvgIpc) is 3.30. The number of hydrogen-bond acceptors (Lipinski definition) is 6. The highest BCUT2D eigenvalue weighted by atomic mass is 35.5. The summed E-state index contributed by atoms with van der Waals surface area (Å²) in [5, 5.41) is 10.3. The molecular weight excluding hydrogens is 458 g/mol. The van der Waals surface area contributed by atoms with E-state index < -0.39 is 11.9 Å². The number of benzene rings is 2. The van der Waals surface area contributed by atoms with Gasteiger partial charge in [0.1, 0.15) is 10.6 Å². The third-order valence-corrected chi connectivity index (χ3v) is 7.21. The van der Waals surface area contributed by atoms with Crippen molar-refractivity contribution in [2.24, 2.45) is 0 Å². The van der Waals surface area contributed by atoms with Gasteiger partial charge in [0.15, 0.2) is 5.43 Å². The largest absolute Gasteiger partial charge is 0.450 e. The van der Waals surface area contributed by atoms with Crippen LogP contribution in [0.4, 0.5) is 5.13 Å². The van der Waals surface area contributed by atoms with Crippen molar-refractivity contribution in [1.29, 1.82) is 0 Å². The fourth-order valence-electron chi connectivity index (χ4n) is 4.15. The Morgan fingerprint density at radius 3 is 2.36 bits per heavy atom. The van der Waals surface area contributed by atoms with Crippen LogP contribution >= 0.6 is 22.9 Å². The van der Waals surface area contributed by atoms with Crippen molar-refractivity contribution in [3.05, 3.63) is 84.7 Å². The summed E-state index contributed by atoms with van der Waals surface area (Å²) in [6, 6.07) is 10.6. The fourth-order valence-corrected chi connectivity index (χ4v) is 5.03. The van der Waals surface area contributed by atoms with Crippen LogP contribution < -0.4 is 10.3 Å². The first-order chi connectivity index (χ1) is 15.6. The molecule has 3 heterocycles. The van der Waals surface area contributed by atoms with Crippen LogP contribution in [0.2, 0.25) is 5.02 Å². The van der Waals surface area contributed by atoms with E-state index >= 15 is 0 Å². The molecule has 1 aliphatic heterocycles. The molecule has 4 aromatic rings. The summed E-state index contributed by atoms with van der Waals surface area (Å²) >= 11 is 7.60. The molecule has 6 nitrogen and oxygen atoms in total. The van der Waals surface area contributed by atoms with Gasteiger partial charge in [-0.2, -0.15) is 0 Å². The molecule has 2 aromatic heterocycles. The molecule has 8 heteroatoms. The van der Waals surface area contributed by atoms with Crippen molar-refractivity contribution >= 4 is 44.9 Å². The van der Waals surface area contributed by atoms with Gasteiger partial charge < -0.3 is 4.42 Å². The number of aryl methyl sites for hydroxylation is 2. The lowest BCUT2D eigenvalue weighted by molar-refractivity contribution is 0.0970. The molecule has 0 fully saturated rings. The standard InChI is InChI=1S/C25H22ClN3O3S/c1-12-10-18-16(11-17(12)26)21(30)19-20(14-6-8-15(9-7-14)25(3,4)5)29(23(31)22(19)32-18)24-28-27-13(2)33-24/h6-11,20H,1-5H3. The third kappa shape index (κ3) is 3.47. The second-order valence-corrected chi connectivity index (χ2v) is 10.9. The minimum Gasteiger partial charge on any atom is -0.450 e. The zero-order valence-corrected chi connectivity index (χ0v) is 20.5. The van der Waals surface area contributed by atoms with Gasteiger partial charge in [-0.05, 0) is 48.1 Å². The first-order valence-corrected chi connectivity index (χ1v) is 11.8. The van der Waals surface area contributed by atoms with Crippen LogP contribution in [0.5, 0.6) is 0 Å². The van der Waals surface area contributed by atoms with Gasteiger partial charge in [0.05, 0.1) is 17.0 Å². The van der Waals surface area contributed by atoms with Gasteiger partial charge in [-0.3, -0.25) is 14.5 Å². The number of hydrogen-bond donors (Lipinski definition) is 0. The Kier molecular flexibility index (Phi) is 4.95. The summed E-state index contributed by atoms with van der Waals surface area (Å²) in [4.78, 5) is 28.8. The van der Waals surface area contributed by atoms with Crippen LogP contribution in [0.3, 0.4) is 0 Å². The molecule has 33 heavy (non-hydrogen) atoms. The quantitative estimate of drug-likeness (QED) is 0.354. The van der Waals surface area contributed by atoms with E-state index in [4.69, 9.17) is 16.0 Å². The molecule has 0 aliphatic carbocycles. The zero-order chi connectivity index (χ0) is 23.7. The van der Waals surface area contributed by atoms with Crippen molar-refractivity contribution in [3.63, 3.8) is 0 Å². The van der Waals surface area contributed by atoms with E-state index in [1.807, 2.05) is 38.1 Å². The molecule has 5 rings (SSSR count). The SMILES string of the molecule is Cc1nnc(N2C(=O)c3oc4cc(C)c(Cl)cc4c(=O)c3C2c2ccc(C(C)(C)C)cc2)s1. The lowest BCUT2D eigenvalue weighted by Gasteiger charge is -2.24. The third-order valence-electron chi connectivity index (χ3n) is 5.97. The molecule has 168 valence electrons. The van der Waals surface area contributed by atoms with Crippen LogP contribution in [-0.2, 0) is 5.41 Å². The lowest BCUT2D eigenvalue weighted by Crippen LogP contribution is -2.29. The molecule has 1 unspecified atom stereocenters. The Hall–Kier alpha value is -3.03. The first-order valence-electron chi connectivity index (χ1n) is 10.6. The maximum absolute atomic E-state index is 13.7. The second kappa shape index (κ2) is 7.50. The maximum atomic E-state index is 13.7. The Morgan fingerprint density at radius 1 is 1.06 bits per heavy atom. The van der Waals surface area contributed by atoms with E-state index in [1.54, 1.807) is 12.1 Å².